The lowest BCUT2D eigenvalue weighted by Crippen LogP contribution is -2.24. The summed E-state index contributed by atoms with van der Waals surface area (Å²) in [6.45, 7) is 2.03. The minimum atomic E-state index is -0.980. The molecule has 16 heavy (non-hydrogen) atoms. The van der Waals surface area contributed by atoms with E-state index in [1.165, 1.54) is 5.56 Å². The molecule has 0 aliphatic rings. The van der Waals surface area contributed by atoms with E-state index in [0.29, 0.717) is 5.88 Å². The molecule has 0 bridgehead atoms. The summed E-state index contributed by atoms with van der Waals surface area (Å²) in [4.78, 5) is 0.877. The van der Waals surface area contributed by atoms with Gasteiger partial charge in [-0.05, 0) is 19.1 Å². The Morgan fingerprint density at radius 1 is 1.31 bits per heavy atom. The molecule has 0 amide bonds. The van der Waals surface area contributed by atoms with Crippen LogP contribution in [0.15, 0.2) is 47.9 Å². The van der Waals surface area contributed by atoms with Gasteiger partial charge in [0.15, 0.2) is 5.88 Å². The van der Waals surface area contributed by atoms with Gasteiger partial charge >= 0.3 is 0 Å². The lowest BCUT2D eigenvalue weighted by atomic mass is 10.2. The SMILES string of the molecule is Cc1ccc(S(=O)Cn2cc[n+](C)c2)cc1. The van der Waals surface area contributed by atoms with Gasteiger partial charge in [-0.25, -0.2) is 9.13 Å². The van der Waals surface area contributed by atoms with Gasteiger partial charge in [-0.2, -0.15) is 0 Å². The number of hydrogen-bond acceptors (Lipinski definition) is 1. The molecule has 2 aromatic rings. The highest BCUT2D eigenvalue weighted by molar-refractivity contribution is 7.84. The largest absolute Gasteiger partial charge is 0.250 e. The molecule has 1 atom stereocenters. The van der Waals surface area contributed by atoms with Gasteiger partial charge in [-0.3, -0.25) is 4.21 Å². The van der Waals surface area contributed by atoms with Crippen molar-refractivity contribution in [2.45, 2.75) is 17.7 Å². The highest BCUT2D eigenvalue weighted by atomic mass is 32.2. The Balaban J connectivity index is 2.11. The first kappa shape index (κ1) is 11.1. The first-order chi connectivity index (χ1) is 7.65. The molecule has 4 heteroatoms. The third-order valence-corrected chi connectivity index (χ3v) is 3.70. The van der Waals surface area contributed by atoms with Crippen LogP contribution in [0.3, 0.4) is 0 Å². The molecule has 1 aromatic heterocycles. The van der Waals surface area contributed by atoms with Crippen molar-refractivity contribution in [1.29, 1.82) is 0 Å². The molecule has 1 unspecified atom stereocenters. The van der Waals surface area contributed by atoms with Crippen molar-refractivity contribution in [3.8, 4) is 0 Å². The van der Waals surface area contributed by atoms with Crippen LogP contribution in [0.4, 0.5) is 0 Å². The standard InChI is InChI=1S/C12H15N2OS/c1-11-3-5-12(6-4-11)16(15)10-14-8-7-13(2)9-14/h3-9H,10H2,1-2H3/q+1. The van der Waals surface area contributed by atoms with Crippen LogP contribution in [0.5, 0.6) is 0 Å². The first-order valence-corrected chi connectivity index (χ1v) is 6.43. The average molecular weight is 235 g/mol. The third-order valence-electron chi connectivity index (χ3n) is 2.37. The minimum Gasteiger partial charge on any atom is -0.250 e. The number of benzene rings is 1. The van der Waals surface area contributed by atoms with E-state index in [2.05, 4.69) is 0 Å². The van der Waals surface area contributed by atoms with E-state index in [-0.39, 0.29) is 0 Å². The van der Waals surface area contributed by atoms with Gasteiger partial charge in [0.25, 0.3) is 0 Å². The Labute approximate surface area is 97.8 Å². The Morgan fingerprint density at radius 2 is 2.00 bits per heavy atom. The van der Waals surface area contributed by atoms with Crippen LogP contribution in [0, 0.1) is 6.92 Å². The van der Waals surface area contributed by atoms with Gasteiger partial charge in [-0.1, -0.05) is 17.7 Å². The molecule has 0 aliphatic heterocycles. The summed E-state index contributed by atoms with van der Waals surface area (Å²) in [6.07, 6.45) is 5.78. The first-order valence-electron chi connectivity index (χ1n) is 5.11. The molecule has 0 radical (unpaired) electrons. The predicted molar refractivity (Wildman–Crippen MR) is 63.2 cm³/mol. The summed E-state index contributed by atoms with van der Waals surface area (Å²) < 4.78 is 15.9. The van der Waals surface area contributed by atoms with Crippen molar-refractivity contribution in [3.63, 3.8) is 0 Å². The molecule has 0 saturated carbocycles. The minimum absolute atomic E-state index is 0.504. The lowest BCUT2D eigenvalue weighted by Gasteiger charge is -2.00. The van der Waals surface area contributed by atoms with Crippen molar-refractivity contribution < 1.29 is 8.78 Å². The Morgan fingerprint density at radius 3 is 2.56 bits per heavy atom. The zero-order valence-electron chi connectivity index (χ0n) is 9.46. The van der Waals surface area contributed by atoms with Crippen molar-refractivity contribution in [3.05, 3.63) is 48.5 Å². The molecular formula is C12H15N2OS+. The second kappa shape index (κ2) is 4.61. The molecule has 1 heterocycles. The Kier molecular flexibility index (Phi) is 3.19. The van der Waals surface area contributed by atoms with Crippen LogP contribution in [0.25, 0.3) is 0 Å². The van der Waals surface area contributed by atoms with Crippen molar-refractivity contribution in [1.82, 2.24) is 4.57 Å². The normalized spacial score (nSPS) is 12.6. The summed E-state index contributed by atoms with van der Waals surface area (Å²) in [5.41, 5.74) is 1.19. The highest BCUT2D eigenvalue weighted by Crippen LogP contribution is 2.09. The van der Waals surface area contributed by atoms with Gasteiger partial charge in [0.2, 0.25) is 6.33 Å². The smallest absolute Gasteiger partial charge is 0.244 e. The second-order valence-electron chi connectivity index (χ2n) is 3.88. The lowest BCUT2D eigenvalue weighted by molar-refractivity contribution is -0.670. The molecule has 0 N–H and O–H groups in total. The maximum Gasteiger partial charge on any atom is 0.244 e. The fourth-order valence-electron chi connectivity index (χ4n) is 1.48. The highest BCUT2D eigenvalue weighted by Gasteiger charge is 2.08. The topological polar surface area (TPSA) is 25.9 Å². The van der Waals surface area contributed by atoms with E-state index in [4.69, 9.17) is 0 Å². The number of nitrogens with zero attached hydrogens (tertiary/aromatic N) is 2. The number of hydrogen-bond donors (Lipinski definition) is 0. The van der Waals surface area contributed by atoms with Crippen LogP contribution in [0.1, 0.15) is 5.56 Å². The summed E-state index contributed by atoms with van der Waals surface area (Å²) in [6, 6.07) is 7.83. The number of rotatable bonds is 3. The zero-order valence-corrected chi connectivity index (χ0v) is 10.3. The van der Waals surface area contributed by atoms with Crippen LogP contribution >= 0.6 is 0 Å². The Bertz CT molecular complexity index is 502. The van der Waals surface area contributed by atoms with Crippen LogP contribution in [0.2, 0.25) is 0 Å². The molecule has 1 aromatic carbocycles. The van der Waals surface area contributed by atoms with Crippen LogP contribution in [-0.2, 0) is 23.7 Å². The van der Waals surface area contributed by atoms with Crippen molar-refractivity contribution >= 4 is 10.8 Å². The summed E-state index contributed by atoms with van der Waals surface area (Å²) in [5, 5.41) is 0. The monoisotopic (exact) mass is 235 g/mol. The zero-order chi connectivity index (χ0) is 11.5. The average Bonchev–Trinajstić information content (AvgIpc) is 2.65. The molecule has 0 saturated heterocycles. The van der Waals surface area contributed by atoms with E-state index < -0.39 is 10.8 Å². The molecular weight excluding hydrogens is 220 g/mol. The fourth-order valence-corrected chi connectivity index (χ4v) is 2.49. The number of aromatic nitrogens is 2. The van der Waals surface area contributed by atoms with Crippen LogP contribution in [-0.4, -0.2) is 8.78 Å². The molecule has 0 spiro atoms. The Hall–Kier alpha value is -1.42. The van der Waals surface area contributed by atoms with E-state index >= 15 is 0 Å². The van der Waals surface area contributed by atoms with Gasteiger partial charge in [0.1, 0.15) is 12.4 Å². The van der Waals surface area contributed by atoms with E-state index in [0.717, 1.165) is 4.90 Å². The number of aryl methyl sites for hydroxylation is 2. The van der Waals surface area contributed by atoms with Gasteiger partial charge in [0.05, 0.1) is 17.8 Å². The predicted octanol–water partition coefficient (Wildman–Crippen LogP) is 1.39. The summed E-state index contributed by atoms with van der Waals surface area (Å²) in [7, 11) is 0.970. The molecule has 0 fully saturated rings. The molecule has 2 rings (SSSR count). The number of imidazole rings is 1. The van der Waals surface area contributed by atoms with Crippen molar-refractivity contribution in [2.24, 2.45) is 7.05 Å². The van der Waals surface area contributed by atoms with E-state index in [1.54, 1.807) is 0 Å². The third kappa shape index (κ3) is 2.58. The van der Waals surface area contributed by atoms with E-state index in [9.17, 15) is 4.21 Å². The fraction of sp³-hybridized carbons (Fsp3) is 0.250. The van der Waals surface area contributed by atoms with Gasteiger partial charge < -0.3 is 0 Å². The maximum absolute atomic E-state index is 12.0. The summed E-state index contributed by atoms with van der Waals surface area (Å²) in [5.74, 6) is 0.504. The van der Waals surface area contributed by atoms with Crippen LogP contribution < -0.4 is 4.57 Å². The molecule has 0 aliphatic carbocycles. The van der Waals surface area contributed by atoms with Gasteiger partial charge in [-0.15, -0.1) is 0 Å². The van der Waals surface area contributed by atoms with Crippen molar-refractivity contribution in [2.75, 3.05) is 0 Å². The molecule has 84 valence electrons. The molecule has 3 nitrogen and oxygen atoms in total. The quantitative estimate of drug-likeness (QED) is 0.738. The van der Waals surface area contributed by atoms with E-state index in [1.807, 2.05) is 66.1 Å². The maximum atomic E-state index is 12.0. The summed E-state index contributed by atoms with van der Waals surface area (Å²) >= 11 is 0. The van der Waals surface area contributed by atoms with Gasteiger partial charge in [0, 0.05) is 4.90 Å². The second-order valence-corrected chi connectivity index (χ2v) is 5.30.